The van der Waals surface area contributed by atoms with E-state index in [0.29, 0.717) is 12.8 Å². The number of aliphatic hydroxyl groups is 3. The van der Waals surface area contributed by atoms with Crippen LogP contribution >= 0.6 is 7.75 Å². The number of carbonyl (C=O) groups excluding carboxylic acids is 2. The Balaban J connectivity index is 4.55. The highest BCUT2D eigenvalue weighted by Gasteiger charge is 2.47. The molecule has 0 aromatic heterocycles. The van der Waals surface area contributed by atoms with E-state index < -0.39 is 44.2 Å². The molecule has 0 radical (unpaired) electrons. The van der Waals surface area contributed by atoms with E-state index in [4.69, 9.17) is 9.63 Å². The van der Waals surface area contributed by atoms with Gasteiger partial charge < -0.3 is 20.2 Å². The predicted octanol–water partition coefficient (Wildman–Crippen LogP) is 9.78. The molecule has 0 rings (SSSR count). The average Bonchev–Trinajstić information content (AvgIpc) is 3.07. The summed E-state index contributed by atoms with van der Waals surface area (Å²) in [6.07, 6.45) is 30.9. The molecule has 49 heavy (non-hydrogen) atoms. The number of rotatable bonds is 38. The van der Waals surface area contributed by atoms with E-state index in [1.165, 1.54) is 96.3 Å². The van der Waals surface area contributed by atoms with Crippen LogP contribution in [0.2, 0.25) is 0 Å². The van der Waals surface area contributed by atoms with Crippen molar-refractivity contribution in [1.29, 1.82) is 0 Å². The third kappa shape index (κ3) is 28.4. The standard InChI is InChI=1S/C39H76NO8P/c1-3-5-7-9-11-13-15-17-18-20-22-24-26-28-30-32-37(43)39(45,38(44)48-49(46,47)40-33-34-41)35-36(42)31-29-27-25-23-21-19-16-14-12-10-8-6-4-2/h17-18,38,41,44-45H,3-16,19-35H2,1-2H3,(H2,40,46,47). The van der Waals surface area contributed by atoms with Gasteiger partial charge >= 0.3 is 7.75 Å². The van der Waals surface area contributed by atoms with Crippen LogP contribution < -0.4 is 5.09 Å². The molecule has 0 aliphatic carbocycles. The summed E-state index contributed by atoms with van der Waals surface area (Å²) in [5, 5.41) is 32.9. The van der Waals surface area contributed by atoms with Crippen molar-refractivity contribution in [3.8, 4) is 0 Å². The molecule has 0 aromatic carbocycles. The van der Waals surface area contributed by atoms with Gasteiger partial charge in [0.25, 0.3) is 0 Å². The number of ketones is 2. The minimum atomic E-state index is -4.65. The lowest BCUT2D eigenvalue weighted by atomic mass is 9.87. The van der Waals surface area contributed by atoms with Crippen LogP contribution in [0.15, 0.2) is 12.2 Å². The van der Waals surface area contributed by atoms with Crippen LogP contribution in [0.1, 0.15) is 200 Å². The van der Waals surface area contributed by atoms with Crippen molar-refractivity contribution in [2.75, 3.05) is 13.2 Å². The number of unbranched alkanes of at least 4 members (excludes halogenated alkanes) is 23. The van der Waals surface area contributed by atoms with Crippen LogP contribution in [0.3, 0.4) is 0 Å². The number of hydrogen-bond acceptors (Lipinski definition) is 7. The second-order valence-corrected chi connectivity index (χ2v) is 15.6. The molecule has 9 nitrogen and oxygen atoms in total. The Kier molecular flexibility index (Phi) is 32.3. The van der Waals surface area contributed by atoms with E-state index in [1.807, 2.05) is 0 Å². The summed E-state index contributed by atoms with van der Waals surface area (Å²) in [6, 6.07) is 0. The van der Waals surface area contributed by atoms with Gasteiger partial charge in [-0.05, 0) is 38.5 Å². The van der Waals surface area contributed by atoms with Gasteiger partial charge in [-0.2, -0.15) is 0 Å². The maximum Gasteiger partial charge on any atom is 0.405 e. The molecule has 3 unspecified atom stereocenters. The SMILES string of the molecule is CCCCCCCCC=CCCCCCCCC(=O)C(O)(CC(=O)CCCCCCCCCCCCCCC)C(O)OP(=O)(O)NCCO. The highest BCUT2D eigenvalue weighted by molar-refractivity contribution is 7.50. The lowest BCUT2D eigenvalue weighted by Crippen LogP contribution is -2.52. The van der Waals surface area contributed by atoms with Crippen LogP contribution in [0, 0.1) is 0 Å². The van der Waals surface area contributed by atoms with E-state index in [1.54, 1.807) is 0 Å². The van der Waals surface area contributed by atoms with Crippen molar-refractivity contribution in [3.63, 3.8) is 0 Å². The van der Waals surface area contributed by atoms with Crippen molar-refractivity contribution in [2.24, 2.45) is 0 Å². The molecule has 0 heterocycles. The first-order valence-corrected chi connectivity index (χ1v) is 21.7. The van der Waals surface area contributed by atoms with Gasteiger partial charge in [0, 0.05) is 25.8 Å². The van der Waals surface area contributed by atoms with E-state index in [9.17, 15) is 29.3 Å². The van der Waals surface area contributed by atoms with Gasteiger partial charge in [-0.25, -0.2) is 9.65 Å². The summed E-state index contributed by atoms with van der Waals surface area (Å²) in [5.74, 6) is -1.18. The molecule has 0 spiro atoms. The van der Waals surface area contributed by atoms with Crippen LogP contribution in [-0.2, 0) is 18.7 Å². The first-order valence-electron chi connectivity index (χ1n) is 20.1. The highest BCUT2D eigenvalue weighted by atomic mass is 31.2. The van der Waals surface area contributed by atoms with Crippen molar-refractivity contribution in [3.05, 3.63) is 12.2 Å². The maximum absolute atomic E-state index is 13.2. The van der Waals surface area contributed by atoms with E-state index in [2.05, 4.69) is 31.1 Å². The normalized spacial score (nSPS) is 15.0. The number of allylic oxidation sites excluding steroid dienone is 2. The van der Waals surface area contributed by atoms with Crippen molar-refractivity contribution >= 4 is 19.3 Å². The Morgan fingerprint density at radius 2 is 1.06 bits per heavy atom. The molecule has 0 saturated carbocycles. The minimum Gasteiger partial charge on any atom is -0.395 e. The summed E-state index contributed by atoms with van der Waals surface area (Å²) in [5.41, 5.74) is -2.63. The molecular formula is C39H76NO8P. The number of Topliss-reactive ketones (excluding diaryl/α,β-unsaturated/α-hetero) is 2. The molecule has 0 bridgehead atoms. The second-order valence-electron chi connectivity index (χ2n) is 14.0. The summed E-state index contributed by atoms with van der Waals surface area (Å²) in [4.78, 5) is 36.0. The first-order chi connectivity index (χ1) is 23.6. The van der Waals surface area contributed by atoms with Crippen LogP contribution in [0.5, 0.6) is 0 Å². The Morgan fingerprint density at radius 3 is 1.49 bits per heavy atom. The molecule has 0 aliphatic rings. The maximum atomic E-state index is 13.2. The smallest absolute Gasteiger partial charge is 0.395 e. The average molecular weight is 718 g/mol. The van der Waals surface area contributed by atoms with Crippen molar-refractivity contribution < 1.29 is 38.9 Å². The molecule has 0 aliphatic heterocycles. The Morgan fingerprint density at radius 1 is 0.673 bits per heavy atom. The fourth-order valence-electron chi connectivity index (χ4n) is 6.08. The summed E-state index contributed by atoms with van der Waals surface area (Å²) < 4.78 is 17.1. The van der Waals surface area contributed by atoms with Gasteiger partial charge in [0.05, 0.1) is 6.61 Å². The third-order valence-electron chi connectivity index (χ3n) is 9.25. The Labute approximate surface area is 300 Å². The van der Waals surface area contributed by atoms with Gasteiger partial charge in [-0.3, -0.25) is 14.1 Å². The molecule has 3 atom stereocenters. The van der Waals surface area contributed by atoms with Crippen molar-refractivity contribution in [2.45, 2.75) is 212 Å². The van der Waals surface area contributed by atoms with Gasteiger partial charge in [0.1, 0.15) is 5.78 Å². The van der Waals surface area contributed by atoms with Gasteiger partial charge in [-0.15, -0.1) is 0 Å². The lowest BCUT2D eigenvalue weighted by molar-refractivity contribution is -0.187. The Bertz CT molecular complexity index is 870. The number of carbonyl (C=O) groups is 2. The van der Waals surface area contributed by atoms with Gasteiger partial charge in [0.2, 0.25) is 6.29 Å². The summed E-state index contributed by atoms with van der Waals surface area (Å²) >= 11 is 0. The number of hydrogen-bond donors (Lipinski definition) is 5. The van der Waals surface area contributed by atoms with Crippen LogP contribution in [0.25, 0.3) is 0 Å². The molecule has 290 valence electrons. The monoisotopic (exact) mass is 718 g/mol. The molecule has 10 heteroatoms. The van der Waals surface area contributed by atoms with Gasteiger partial charge in [0.15, 0.2) is 11.4 Å². The summed E-state index contributed by atoms with van der Waals surface area (Å²) in [6.45, 7) is 3.71. The number of nitrogens with one attached hydrogen (secondary N) is 1. The largest absolute Gasteiger partial charge is 0.405 e. The summed E-state index contributed by atoms with van der Waals surface area (Å²) in [7, 11) is -4.65. The first kappa shape index (κ1) is 48.1. The second kappa shape index (κ2) is 32.9. The third-order valence-corrected chi connectivity index (χ3v) is 10.4. The van der Waals surface area contributed by atoms with E-state index in [-0.39, 0.29) is 19.4 Å². The van der Waals surface area contributed by atoms with E-state index >= 15 is 0 Å². The quantitative estimate of drug-likeness (QED) is 0.0182. The predicted molar refractivity (Wildman–Crippen MR) is 201 cm³/mol. The fourth-order valence-corrected chi connectivity index (χ4v) is 6.98. The molecular weight excluding hydrogens is 641 g/mol. The minimum absolute atomic E-state index is 0.0824. The molecule has 0 saturated heterocycles. The van der Waals surface area contributed by atoms with E-state index in [0.717, 1.165) is 57.8 Å². The molecule has 0 fully saturated rings. The zero-order chi connectivity index (χ0) is 36.5. The van der Waals surface area contributed by atoms with Crippen LogP contribution in [0.4, 0.5) is 0 Å². The number of aliphatic hydroxyl groups excluding tert-OH is 2. The lowest BCUT2D eigenvalue weighted by Gasteiger charge is -2.32. The zero-order valence-corrected chi connectivity index (χ0v) is 32.4. The Hall–Kier alpha value is -0.930. The zero-order valence-electron chi connectivity index (χ0n) is 31.5. The highest BCUT2D eigenvalue weighted by Crippen LogP contribution is 2.41. The molecule has 0 amide bonds. The van der Waals surface area contributed by atoms with Crippen molar-refractivity contribution in [1.82, 2.24) is 5.09 Å². The molecule has 5 N–H and O–H groups in total. The fraction of sp³-hybridized carbons (Fsp3) is 0.897. The van der Waals surface area contributed by atoms with Gasteiger partial charge in [-0.1, -0.05) is 154 Å². The van der Waals surface area contributed by atoms with Crippen LogP contribution in [-0.4, -0.2) is 56.8 Å². The topological polar surface area (TPSA) is 153 Å². The molecule has 0 aromatic rings.